The lowest BCUT2D eigenvalue weighted by Gasteiger charge is -2.16. The number of hydrogen-bond acceptors (Lipinski definition) is 5. The van der Waals surface area contributed by atoms with Crippen molar-refractivity contribution in [2.45, 2.75) is 25.5 Å². The summed E-state index contributed by atoms with van der Waals surface area (Å²) >= 11 is 1.33. The number of hydrogen-bond donors (Lipinski definition) is 1. The first-order valence-electron chi connectivity index (χ1n) is 9.46. The van der Waals surface area contributed by atoms with Crippen LogP contribution in [0, 0.1) is 13.8 Å². The number of carbonyl (C=O) groups excluding carboxylic acids is 2. The molecule has 0 saturated carbocycles. The van der Waals surface area contributed by atoms with Crippen molar-refractivity contribution >= 4 is 40.1 Å². The Labute approximate surface area is 175 Å². The molecule has 1 atom stereocenters. The summed E-state index contributed by atoms with van der Waals surface area (Å²) in [6.07, 6.45) is 0.0914. The summed E-state index contributed by atoms with van der Waals surface area (Å²) in [5.41, 5.74) is 3.68. The molecule has 2 aromatic rings. The predicted molar refractivity (Wildman–Crippen MR) is 118 cm³/mol. The average Bonchev–Trinajstić information content (AvgIpc) is 2.99. The smallest absolute Gasteiger partial charge is 0.242 e. The molecule has 7 heteroatoms. The Bertz CT molecular complexity index is 915. The molecule has 0 unspecified atom stereocenters. The van der Waals surface area contributed by atoms with Crippen molar-refractivity contribution in [2.24, 2.45) is 4.99 Å². The maximum absolute atomic E-state index is 12.9. The topological polar surface area (TPSA) is 71.0 Å². The fourth-order valence-corrected chi connectivity index (χ4v) is 4.17. The SMILES string of the molecule is COCCN1C(=O)[C@H](CC(=O)Nc2cccc(C)c2C)SC1=Nc1ccccc1. The average molecular weight is 412 g/mol. The van der Waals surface area contributed by atoms with Gasteiger partial charge in [0.05, 0.1) is 18.8 Å². The predicted octanol–water partition coefficient (Wildman–Crippen LogP) is 3.91. The Morgan fingerprint density at radius 2 is 1.93 bits per heavy atom. The maximum atomic E-state index is 12.9. The number of ether oxygens (including phenoxy) is 1. The third-order valence-electron chi connectivity index (χ3n) is 4.77. The van der Waals surface area contributed by atoms with Gasteiger partial charge in [-0.15, -0.1) is 0 Å². The number of thioether (sulfide) groups is 1. The number of para-hydroxylation sites is 1. The summed E-state index contributed by atoms with van der Waals surface area (Å²) in [5, 5.41) is 3.03. The Balaban J connectivity index is 1.73. The molecule has 0 radical (unpaired) electrons. The van der Waals surface area contributed by atoms with Crippen LogP contribution < -0.4 is 5.32 Å². The largest absolute Gasteiger partial charge is 0.383 e. The first-order chi connectivity index (χ1) is 14.0. The van der Waals surface area contributed by atoms with Crippen LogP contribution in [0.1, 0.15) is 17.5 Å². The van der Waals surface area contributed by atoms with E-state index in [-0.39, 0.29) is 18.2 Å². The molecule has 3 rings (SSSR count). The van der Waals surface area contributed by atoms with Gasteiger partial charge in [0, 0.05) is 19.2 Å². The van der Waals surface area contributed by atoms with E-state index in [1.54, 1.807) is 12.0 Å². The van der Waals surface area contributed by atoms with Crippen LogP contribution in [0.25, 0.3) is 0 Å². The van der Waals surface area contributed by atoms with Crippen LogP contribution in [0.2, 0.25) is 0 Å². The van der Waals surface area contributed by atoms with Crippen molar-refractivity contribution < 1.29 is 14.3 Å². The number of rotatable bonds is 7. The van der Waals surface area contributed by atoms with E-state index >= 15 is 0 Å². The zero-order chi connectivity index (χ0) is 20.8. The van der Waals surface area contributed by atoms with Crippen molar-refractivity contribution in [3.63, 3.8) is 0 Å². The number of carbonyl (C=O) groups is 2. The van der Waals surface area contributed by atoms with Crippen molar-refractivity contribution in [1.82, 2.24) is 4.90 Å². The number of anilines is 1. The van der Waals surface area contributed by atoms with E-state index in [9.17, 15) is 9.59 Å². The molecule has 1 aliphatic heterocycles. The van der Waals surface area contributed by atoms with E-state index in [4.69, 9.17) is 4.74 Å². The van der Waals surface area contributed by atoms with Gasteiger partial charge < -0.3 is 10.1 Å². The normalized spacial score (nSPS) is 17.8. The maximum Gasteiger partial charge on any atom is 0.242 e. The Kier molecular flexibility index (Phi) is 7.06. The van der Waals surface area contributed by atoms with E-state index < -0.39 is 5.25 Å². The highest BCUT2D eigenvalue weighted by molar-refractivity contribution is 8.15. The first kappa shape index (κ1) is 21.1. The van der Waals surface area contributed by atoms with E-state index in [0.717, 1.165) is 22.5 Å². The second-order valence-corrected chi connectivity index (χ2v) is 7.99. The monoisotopic (exact) mass is 411 g/mol. The highest BCUT2D eigenvalue weighted by Gasteiger charge is 2.39. The minimum Gasteiger partial charge on any atom is -0.383 e. The lowest BCUT2D eigenvalue weighted by Crippen LogP contribution is -2.35. The van der Waals surface area contributed by atoms with Gasteiger partial charge in [-0.1, -0.05) is 42.1 Å². The fraction of sp³-hybridized carbons (Fsp3) is 0.318. The zero-order valence-electron chi connectivity index (χ0n) is 16.8. The van der Waals surface area contributed by atoms with Gasteiger partial charge in [-0.05, 0) is 43.2 Å². The fourth-order valence-electron chi connectivity index (χ4n) is 2.98. The van der Waals surface area contributed by atoms with Crippen LogP contribution in [0.15, 0.2) is 53.5 Å². The van der Waals surface area contributed by atoms with E-state index in [0.29, 0.717) is 18.3 Å². The minimum atomic E-state index is -0.501. The highest BCUT2D eigenvalue weighted by atomic mass is 32.2. The van der Waals surface area contributed by atoms with Gasteiger partial charge >= 0.3 is 0 Å². The summed E-state index contributed by atoms with van der Waals surface area (Å²) in [6.45, 7) is 4.78. The molecule has 6 nitrogen and oxygen atoms in total. The van der Waals surface area contributed by atoms with Gasteiger partial charge in [-0.25, -0.2) is 4.99 Å². The van der Waals surface area contributed by atoms with Gasteiger partial charge in [0.1, 0.15) is 5.25 Å². The molecular formula is C22H25N3O3S. The van der Waals surface area contributed by atoms with Gasteiger partial charge in [0.15, 0.2) is 5.17 Å². The molecule has 0 aliphatic carbocycles. The van der Waals surface area contributed by atoms with Crippen LogP contribution >= 0.6 is 11.8 Å². The van der Waals surface area contributed by atoms with E-state index in [1.165, 1.54) is 11.8 Å². The molecule has 29 heavy (non-hydrogen) atoms. The quantitative estimate of drug-likeness (QED) is 0.750. The molecule has 1 fully saturated rings. The van der Waals surface area contributed by atoms with Gasteiger partial charge in [0.25, 0.3) is 0 Å². The van der Waals surface area contributed by atoms with Crippen molar-refractivity contribution in [1.29, 1.82) is 0 Å². The highest BCUT2D eigenvalue weighted by Crippen LogP contribution is 2.32. The third-order valence-corrected chi connectivity index (χ3v) is 5.94. The summed E-state index contributed by atoms with van der Waals surface area (Å²) in [5.74, 6) is -0.296. The molecule has 2 amide bonds. The first-order valence-corrected chi connectivity index (χ1v) is 10.3. The summed E-state index contributed by atoms with van der Waals surface area (Å²) < 4.78 is 5.13. The van der Waals surface area contributed by atoms with Crippen LogP contribution in [-0.4, -0.2) is 47.4 Å². The number of nitrogens with zero attached hydrogens (tertiary/aromatic N) is 2. The van der Waals surface area contributed by atoms with Gasteiger partial charge in [-0.2, -0.15) is 0 Å². The van der Waals surface area contributed by atoms with Crippen molar-refractivity contribution in [3.8, 4) is 0 Å². The zero-order valence-corrected chi connectivity index (χ0v) is 17.7. The molecule has 1 heterocycles. The molecule has 152 valence electrons. The molecule has 0 spiro atoms. The summed E-state index contributed by atoms with van der Waals surface area (Å²) in [4.78, 5) is 31.7. The number of aryl methyl sites for hydroxylation is 1. The Morgan fingerprint density at radius 3 is 2.66 bits per heavy atom. The number of amidine groups is 1. The summed E-state index contributed by atoms with van der Waals surface area (Å²) in [7, 11) is 1.59. The molecule has 1 N–H and O–H groups in total. The number of methoxy groups -OCH3 is 1. The lowest BCUT2D eigenvalue weighted by atomic mass is 10.1. The van der Waals surface area contributed by atoms with Crippen molar-refractivity contribution in [3.05, 3.63) is 59.7 Å². The van der Waals surface area contributed by atoms with Gasteiger partial charge in [-0.3, -0.25) is 14.5 Å². The Hall–Kier alpha value is -2.64. The van der Waals surface area contributed by atoms with Gasteiger partial charge in [0.2, 0.25) is 11.8 Å². The second-order valence-electron chi connectivity index (χ2n) is 6.82. The minimum absolute atomic E-state index is 0.0914. The van der Waals surface area contributed by atoms with Crippen molar-refractivity contribution in [2.75, 3.05) is 25.6 Å². The Morgan fingerprint density at radius 1 is 1.17 bits per heavy atom. The lowest BCUT2D eigenvalue weighted by molar-refractivity contribution is -0.128. The number of nitrogens with one attached hydrogen (secondary N) is 1. The number of benzene rings is 2. The number of amides is 2. The van der Waals surface area contributed by atoms with E-state index in [2.05, 4.69) is 10.3 Å². The summed E-state index contributed by atoms with van der Waals surface area (Å²) in [6, 6.07) is 15.3. The molecule has 2 aromatic carbocycles. The van der Waals surface area contributed by atoms with Crippen LogP contribution in [0.4, 0.5) is 11.4 Å². The molecule has 1 aliphatic rings. The van der Waals surface area contributed by atoms with Crippen LogP contribution in [0.5, 0.6) is 0 Å². The van der Waals surface area contributed by atoms with Crippen LogP contribution in [-0.2, 0) is 14.3 Å². The molecular weight excluding hydrogens is 386 g/mol. The second kappa shape index (κ2) is 9.71. The van der Waals surface area contributed by atoms with E-state index in [1.807, 2.05) is 62.4 Å². The number of aliphatic imine (C=N–C) groups is 1. The molecule has 1 saturated heterocycles. The standard InChI is InChI=1S/C22H25N3O3S/c1-15-8-7-11-18(16(15)2)24-20(26)14-19-21(27)25(12-13-28-3)22(29-19)23-17-9-5-4-6-10-17/h4-11,19H,12-14H2,1-3H3,(H,24,26)/t19-/m0/s1. The molecule has 0 aromatic heterocycles. The third kappa shape index (κ3) is 5.25. The van der Waals surface area contributed by atoms with Crippen LogP contribution in [0.3, 0.4) is 0 Å². The molecule has 0 bridgehead atoms.